The smallest absolute Gasteiger partial charge is 0.211 e. The Labute approximate surface area is 101 Å². The zero-order valence-corrected chi connectivity index (χ0v) is 10.9. The normalized spacial score (nSPS) is 14.3. The Balaban J connectivity index is 4.59. The van der Waals surface area contributed by atoms with Crippen molar-refractivity contribution in [3.05, 3.63) is 0 Å². The highest BCUT2D eigenvalue weighted by molar-refractivity contribution is 6.29. The third-order valence-corrected chi connectivity index (χ3v) is 1.85. The van der Waals surface area contributed by atoms with Crippen molar-refractivity contribution in [1.29, 1.82) is 0 Å². The van der Waals surface area contributed by atoms with Crippen LogP contribution < -0.4 is 11.5 Å². The average molecular weight is 240 g/mol. The topological polar surface area (TPSA) is 108 Å². The highest BCUT2D eigenvalue weighted by atomic mass is 15.5. The molecule has 17 heavy (non-hydrogen) atoms. The van der Waals surface area contributed by atoms with Crippen molar-refractivity contribution in [1.82, 2.24) is 10.0 Å². The molecule has 0 amide bonds. The Kier molecular flexibility index (Phi) is 6.30. The maximum absolute atomic E-state index is 5.57. The Hall–Kier alpha value is -2.12. The summed E-state index contributed by atoms with van der Waals surface area (Å²) in [5, 5.41) is 11.1. The van der Waals surface area contributed by atoms with Crippen molar-refractivity contribution >= 4 is 23.8 Å². The Morgan fingerprint density at radius 3 is 1.94 bits per heavy atom. The zero-order chi connectivity index (χ0) is 13.4. The van der Waals surface area contributed by atoms with E-state index < -0.39 is 0 Å². The molecule has 96 valence electrons. The molecule has 8 heteroatoms. The van der Waals surface area contributed by atoms with Crippen molar-refractivity contribution in [3.8, 4) is 0 Å². The standard InChI is InChI=1S/C9H20N8/c1-7(15-17(5)9(11)13-3)6-14-16(4)8(10)12-2/h6H,1-5H3,(H2,10,12)(H2,11,13)/b14-6+,15-7-. The molecule has 0 aliphatic carbocycles. The van der Waals surface area contributed by atoms with Crippen molar-refractivity contribution in [2.45, 2.75) is 6.92 Å². The molecule has 0 radical (unpaired) electrons. The quantitative estimate of drug-likeness (QED) is 0.378. The lowest BCUT2D eigenvalue weighted by atomic mass is 10.5. The maximum Gasteiger partial charge on any atom is 0.211 e. The van der Waals surface area contributed by atoms with Gasteiger partial charge in [-0.15, -0.1) is 0 Å². The molecule has 4 N–H and O–H groups in total. The molecule has 0 unspecified atom stereocenters. The SMILES string of the molecule is CN=C(N)N(C)/N=C(C)\C=N\N(C)C(N)=NC. The van der Waals surface area contributed by atoms with Gasteiger partial charge in [-0.1, -0.05) is 0 Å². The van der Waals surface area contributed by atoms with Crippen LogP contribution in [0, 0.1) is 0 Å². The number of aliphatic imine (C=N–C) groups is 2. The van der Waals surface area contributed by atoms with Gasteiger partial charge in [-0.3, -0.25) is 9.98 Å². The molecule has 0 atom stereocenters. The van der Waals surface area contributed by atoms with Gasteiger partial charge in [-0.2, -0.15) is 10.2 Å². The lowest BCUT2D eigenvalue weighted by molar-refractivity contribution is 0.533. The molecule has 0 heterocycles. The van der Waals surface area contributed by atoms with Crippen LogP contribution in [0.4, 0.5) is 0 Å². The summed E-state index contributed by atoms with van der Waals surface area (Å²) < 4.78 is 0. The second-order valence-corrected chi connectivity index (χ2v) is 3.20. The van der Waals surface area contributed by atoms with Crippen molar-refractivity contribution in [2.24, 2.45) is 31.7 Å². The first-order valence-corrected chi connectivity index (χ1v) is 4.93. The zero-order valence-electron chi connectivity index (χ0n) is 10.9. The lowest BCUT2D eigenvalue weighted by Gasteiger charge is -2.12. The third-order valence-electron chi connectivity index (χ3n) is 1.85. The van der Waals surface area contributed by atoms with E-state index in [2.05, 4.69) is 20.2 Å². The van der Waals surface area contributed by atoms with E-state index in [4.69, 9.17) is 11.5 Å². The highest BCUT2D eigenvalue weighted by Crippen LogP contribution is 1.87. The summed E-state index contributed by atoms with van der Waals surface area (Å²) in [5.41, 5.74) is 11.8. The molecule has 0 saturated heterocycles. The van der Waals surface area contributed by atoms with E-state index in [1.54, 1.807) is 41.3 Å². The number of rotatable bonds is 3. The van der Waals surface area contributed by atoms with Crippen LogP contribution in [-0.4, -0.2) is 62.1 Å². The second-order valence-electron chi connectivity index (χ2n) is 3.20. The molecule has 0 spiro atoms. The number of guanidine groups is 2. The molecule has 0 bridgehead atoms. The van der Waals surface area contributed by atoms with Crippen LogP contribution in [0.2, 0.25) is 0 Å². The molecule has 0 aliphatic heterocycles. The number of hydrogen-bond donors (Lipinski definition) is 2. The van der Waals surface area contributed by atoms with Crippen LogP contribution in [-0.2, 0) is 0 Å². The summed E-state index contributed by atoms with van der Waals surface area (Å²) in [6, 6.07) is 0. The summed E-state index contributed by atoms with van der Waals surface area (Å²) >= 11 is 0. The Morgan fingerprint density at radius 1 is 1.00 bits per heavy atom. The Bertz CT molecular complexity index is 354. The van der Waals surface area contributed by atoms with Gasteiger partial charge in [0.25, 0.3) is 0 Å². The van der Waals surface area contributed by atoms with Gasteiger partial charge in [0.2, 0.25) is 11.9 Å². The van der Waals surface area contributed by atoms with Crippen LogP contribution in [0.25, 0.3) is 0 Å². The lowest BCUT2D eigenvalue weighted by Crippen LogP contribution is -2.31. The van der Waals surface area contributed by atoms with E-state index in [1.807, 2.05) is 0 Å². The van der Waals surface area contributed by atoms with Gasteiger partial charge < -0.3 is 11.5 Å². The van der Waals surface area contributed by atoms with Gasteiger partial charge in [0.1, 0.15) is 0 Å². The number of hydrogen-bond acceptors (Lipinski definition) is 4. The van der Waals surface area contributed by atoms with Gasteiger partial charge in [0, 0.05) is 28.2 Å². The first-order valence-electron chi connectivity index (χ1n) is 4.93. The monoisotopic (exact) mass is 240 g/mol. The summed E-state index contributed by atoms with van der Waals surface area (Å²) in [7, 11) is 6.58. The van der Waals surface area contributed by atoms with E-state index in [-0.39, 0.29) is 0 Å². The first kappa shape index (κ1) is 14.9. The number of hydrazone groups is 2. The van der Waals surface area contributed by atoms with E-state index in [9.17, 15) is 0 Å². The predicted octanol–water partition coefficient (Wildman–Crippen LogP) is -0.899. The minimum Gasteiger partial charge on any atom is -0.368 e. The Morgan fingerprint density at radius 2 is 1.47 bits per heavy atom. The van der Waals surface area contributed by atoms with Crippen molar-refractivity contribution in [3.63, 3.8) is 0 Å². The fourth-order valence-electron chi connectivity index (χ4n) is 0.832. The second kappa shape index (κ2) is 7.20. The first-order chi connectivity index (χ1) is 7.92. The molecule has 0 saturated carbocycles. The van der Waals surface area contributed by atoms with Crippen LogP contribution in [0.15, 0.2) is 20.2 Å². The van der Waals surface area contributed by atoms with Gasteiger partial charge in [-0.25, -0.2) is 10.0 Å². The molecular weight excluding hydrogens is 220 g/mol. The summed E-state index contributed by atoms with van der Waals surface area (Å²) in [5.74, 6) is 0.637. The fourth-order valence-corrected chi connectivity index (χ4v) is 0.832. The number of nitrogens with two attached hydrogens (primary N) is 2. The van der Waals surface area contributed by atoms with E-state index in [0.29, 0.717) is 17.6 Å². The molecule has 0 rings (SSSR count). The van der Waals surface area contributed by atoms with Crippen LogP contribution in [0.5, 0.6) is 0 Å². The molecule has 8 nitrogen and oxygen atoms in total. The van der Waals surface area contributed by atoms with Gasteiger partial charge >= 0.3 is 0 Å². The van der Waals surface area contributed by atoms with Crippen molar-refractivity contribution in [2.75, 3.05) is 28.2 Å². The van der Waals surface area contributed by atoms with Gasteiger partial charge in [0.05, 0.1) is 11.9 Å². The van der Waals surface area contributed by atoms with E-state index in [0.717, 1.165) is 0 Å². The van der Waals surface area contributed by atoms with Gasteiger partial charge in [0.15, 0.2) is 0 Å². The summed E-state index contributed by atoms with van der Waals surface area (Å²) in [6.07, 6.45) is 1.55. The fraction of sp³-hybridized carbons (Fsp3) is 0.556. The minimum atomic E-state index is 0.317. The molecular formula is C9H20N8. The van der Waals surface area contributed by atoms with E-state index in [1.165, 1.54) is 10.0 Å². The average Bonchev–Trinajstić information content (AvgIpc) is 2.33. The summed E-state index contributed by atoms with van der Waals surface area (Å²) in [6.45, 7) is 1.79. The summed E-state index contributed by atoms with van der Waals surface area (Å²) in [4.78, 5) is 7.58. The third kappa shape index (κ3) is 5.50. The van der Waals surface area contributed by atoms with Crippen LogP contribution in [0.1, 0.15) is 6.92 Å². The van der Waals surface area contributed by atoms with Crippen LogP contribution >= 0.6 is 0 Å². The number of nitrogens with zero attached hydrogens (tertiary/aromatic N) is 6. The van der Waals surface area contributed by atoms with Crippen molar-refractivity contribution < 1.29 is 0 Å². The van der Waals surface area contributed by atoms with Gasteiger partial charge in [-0.05, 0) is 6.92 Å². The molecule has 0 aromatic rings. The van der Waals surface area contributed by atoms with E-state index >= 15 is 0 Å². The highest BCUT2D eigenvalue weighted by Gasteiger charge is 1.99. The maximum atomic E-state index is 5.57. The molecule has 0 aromatic carbocycles. The van der Waals surface area contributed by atoms with Crippen LogP contribution in [0.3, 0.4) is 0 Å². The molecule has 0 aliphatic rings. The largest absolute Gasteiger partial charge is 0.368 e. The minimum absolute atomic E-state index is 0.317. The predicted molar refractivity (Wildman–Crippen MR) is 72.2 cm³/mol. The molecule has 0 aromatic heterocycles. The molecule has 0 fully saturated rings.